The summed E-state index contributed by atoms with van der Waals surface area (Å²) in [5.74, 6) is 0. The van der Waals surface area contributed by atoms with Gasteiger partial charge in [-0.3, -0.25) is 6.08 Å². The molecule has 0 aliphatic heterocycles. The van der Waals surface area contributed by atoms with Crippen molar-refractivity contribution in [3.05, 3.63) is 82.0 Å². The molecular weight excluding hydrogens is 735 g/mol. The van der Waals surface area contributed by atoms with E-state index in [1.165, 1.54) is 97.6 Å². The topological polar surface area (TPSA) is 0 Å². The summed E-state index contributed by atoms with van der Waals surface area (Å²) in [6.45, 7) is 29.1. The van der Waals surface area contributed by atoms with E-state index in [2.05, 4.69) is 117 Å². The molecule has 48 heavy (non-hydrogen) atoms. The zero-order valence-electron chi connectivity index (χ0n) is 32.9. The van der Waals surface area contributed by atoms with Crippen LogP contribution in [0.4, 0.5) is 0 Å². The maximum Gasteiger partial charge on any atom is -0.109 e. The smallest absolute Gasteiger partial charge is 0.109 e. The number of fused-ring (bicyclic) bond motifs is 3. The van der Waals surface area contributed by atoms with Gasteiger partial charge in [0, 0.05) is 8.07 Å². The van der Waals surface area contributed by atoms with Crippen LogP contribution >= 0.6 is 24.8 Å². The van der Waals surface area contributed by atoms with Gasteiger partial charge in [-0.25, -0.2) is 12.2 Å². The van der Waals surface area contributed by atoms with Crippen LogP contribution in [-0.2, 0) is 30.7 Å². The Bertz CT molecular complexity index is 1220. The summed E-state index contributed by atoms with van der Waals surface area (Å²) >= 11 is 1.67. The molecule has 0 radical (unpaired) electrons. The Kier molecular flexibility index (Phi) is 23.1. The number of allylic oxidation sites excluding steroid dienone is 4. The van der Waals surface area contributed by atoms with E-state index in [-0.39, 0.29) is 24.8 Å². The number of hydrogen-bond donors (Lipinski definition) is 0. The minimum absolute atomic E-state index is 0. The molecule has 0 saturated heterocycles. The average Bonchev–Trinajstić information content (AvgIpc) is 3.67. The van der Waals surface area contributed by atoms with Crippen molar-refractivity contribution in [3.8, 4) is 11.1 Å². The molecule has 2 aliphatic carbocycles. The minimum atomic E-state index is -1.29. The van der Waals surface area contributed by atoms with Crippen LogP contribution in [-0.4, -0.2) is 19.4 Å². The Morgan fingerprint density at radius 1 is 0.750 bits per heavy atom. The fourth-order valence-electron chi connectivity index (χ4n) is 7.14. The first-order valence-corrected chi connectivity index (χ1v) is 27.0. The van der Waals surface area contributed by atoms with Crippen molar-refractivity contribution in [1.82, 2.24) is 0 Å². The molecule has 2 aromatic rings. The summed E-state index contributed by atoms with van der Waals surface area (Å²) in [5, 5.41) is 0. The summed E-state index contributed by atoms with van der Waals surface area (Å²) in [7, 11) is -2.57. The van der Waals surface area contributed by atoms with Gasteiger partial charge in [0.15, 0.2) is 0 Å². The SMILES string of the molecule is CCCC(c1cc2c([c-]c1C)Cc1cc(C)c(C(CCC)[Si](C)(C)C)cc1-2)[Si](C)(C)C.CCCC[C](=[Zr+2])CCCC.Cl.Cl.[C-]1=CC=CC1. The molecule has 2 aromatic carbocycles. The van der Waals surface area contributed by atoms with E-state index in [9.17, 15) is 0 Å². The Hall–Kier alpha value is -0.313. The molecule has 0 nitrogen and oxygen atoms in total. The maximum absolute atomic E-state index is 3.87. The Balaban J connectivity index is 0.00000108. The predicted molar refractivity (Wildman–Crippen MR) is 225 cm³/mol. The second-order valence-corrected chi connectivity index (χ2v) is 28.6. The van der Waals surface area contributed by atoms with Crippen molar-refractivity contribution >= 4 is 44.2 Å². The number of aryl methyl sites for hydroxylation is 2. The van der Waals surface area contributed by atoms with E-state index >= 15 is 0 Å². The third-order valence-corrected chi connectivity index (χ3v) is 16.4. The van der Waals surface area contributed by atoms with Crippen LogP contribution in [0.3, 0.4) is 0 Å². The van der Waals surface area contributed by atoms with Crippen LogP contribution < -0.4 is 0 Å². The van der Waals surface area contributed by atoms with Crippen molar-refractivity contribution in [1.29, 1.82) is 0 Å². The monoisotopic (exact) mass is 802 g/mol. The number of halogens is 2. The predicted octanol–water partition coefficient (Wildman–Crippen LogP) is 14.4. The number of rotatable bonds is 14. The van der Waals surface area contributed by atoms with Crippen molar-refractivity contribution in [2.45, 2.75) is 169 Å². The van der Waals surface area contributed by atoms with E-state index in [4.69, 9.17) is 0 Å². The summed E-state index contributed by atoms with van der Waals surface area (Å²) in [6.07, 6.45) is 24.5. The average molecular weight is 805 g/mol. The molecule has 268 valence electrons. The van der Waals surface area contributed by atoms with Crippen LogP contribution in [0.5, 0.6) is 0 Å². The van der Waals surface area contributed by atoms with Crippen molar-refractivity contribution in [3.63, 3.8) is 0 Å². The Morgan fingerprint density at radius 3 is 1.69 bits per heavy atom. The molecule has 2 atom stereocenters. The second kappa shape index (κ2) is 23.3. The molecule has 0 N–H and O–H groups in total. The van der Waals surface area contributed by atoms with Crippen molar-refractivity contribution in [2.75, 3.05) is 0 Å². The molecule has 0 bridgehead atoms. The van der Waals surface area contributed by atoms with Crippen LogP contribution in [0.15, 0.2) is 36.4 Å². The summed E-state index contributed by atoms with van der Waals surface area (Å²) < 4.78 is 1.79. The summed E-state index contributed by atoms with van der Waals surface area (Å²) in [5.41, 5.74) is 13.5. The van der Waals surface area contributed by atoms with Gasteiger partial charge in [0.05, 0.1) is 8.07 Å². The van der Waals surface area contributed by atoms with Gasteiger partial charge in [0.2, 0.25) is 0 Å². The zero-order valence-corrected chi connectivity index (χ0v) is 39.0. The number of hydrogen-bond acceptors (Lipinski definition) is 0. The molecule has 0 fully saturated rings. The number of unbranched alkanes of at least 4 members (excludes halogenated alkanes) is 2. The summed E-state index contributed by atoms with van der Waals surface area (Å²) in [4.78, 5) is 0. The van der Waals surface area contributed by atoms with Gasteiger partial charge >= 0.3 is 79.8 Å². The van der Waals surface area contributed by atoms with Crippen LogP contribution in [0.1, 0.15) is 143 Å². The van der Waals surface area contributed by atoms with Gasteiger partial charge in [-0.05, 0) is 42.0 Å². The first kappa shape index (κ1) is 47.7. The van der Waals surface area contributed by atoms with E-state index < -0.39 is 16.1 Å². The van der Waals surface area contributed by atoms with Gasteiger partial charge in [-0.2, -0.15) is 29.3 Å². The zero-order chi connectivity index (χ0) is 34.5. The molecule has 0 saturated carbocycles. The fourth-order valence-corrected chi connectivity index (χ4v) is 12.8. The molecular formula is C43H70Cl2Si2Zr. The van der Waals surface area contributed by atoms with Gasteiger partial charge in [0.1, 0.15) is 0 Å². The van der Waals surface area contributed by atoms with Crippen LogP contribution in [0.25, 0.3) is 11.1 Å². The maximum atomic E-state index is 3.87. The number of benzene rings is 2. The third-order valence-electron chi connectivity index (χ3n) is 9.79. The summed E-state index contributed by atoms with van der Waals surface area (Å²) in [6, 6.07) is 11.6. The molecule has 0 aromatic heterocycles. The standard InChI is InChI=1S/C29H45Si2.C9H18.C5H5.2ClH.Zr/c1-11-13-28(30(5,6)7)24-18-26-22(15-20(24)3)17-23-16-21(4)25(19-27(23)26)29(14-12-2)31(8,9)10;1-3-5-7-9-8-6-4-2;1-2-4-5-3-1;;;/h15,18-19,28-29H,11-14,17H2,1-10H3;3-8H2,1-2H3;1-3H,4H2;2*1H;/q-1;;-1;;;+2. The van der Waals surface area contributed by atoms with Gasteiger partial charge in [-0.15, -0.1) is 42.4 Å². The molecule has 2 unspecified atom stereocenters. The van der Waals surface area contributed by atoms with E-state index in [0.717, 1.165) is 23.9 Å². The first-order valence-electron chi connectivity index (χ1n) is 18.7. The van der Waals surface area contributed by atoms with E-state index in [1.807, 2.05) is 12.2 Å². The Morgan fingerprint density at radius 2 is 1.27 bits per heavy atom. The normalized spacial score (nSPS) is 14.0. The van der Waals surface area contributed by atoms with Crippen LogP contribution in [0.2, 0.25) is 39.3 Å². The molecule has 0 amide bonds. The van der Waals surface area contributed by atoms with Crippen molar-refractivity contribution < 1.29 is 24.2 Å². The molecule has 5 heteroatoms. The first-order chi connectivity index (χ1) is 21.7. The largest absolute Gasteiger partial charge is 0.273 e. The van der Waals surface area contributed by atoms with Crippen LogP contribution in [0, 0.1) is 26.0 Å². The Labute approximate surface area is 328 Å². The van der Waals surface area contributed by atoms with E-state index in [0.29, 0.717) is 0 Å². The molecule has 2 aliphatic rings. The van der Waals surface area contributed by atoms with Gasteiger partial charge in [-0.1, -0.05) is 103 Å². The molecule has 0 heterocycles. The fraction of sp³-hybridized carbons (Fsp3) is 0.605. The second-order valence-electron chi connectivity index (χ2n) is 16.0. The van der Waals surface area contributed by atoms with Gasteiger partial charge < -0.3 is 0 Å². The third kappa shape index (κ3) is 14.7. The van der Waals surface area contributed by atoms with Gasteiger partial charge in [0.25, 0.3) is 0 Å². The van der Waals surface area contributed by atoms with E-state index in [1.54, 1.807) is 38.6 Å². The molecule has 0 spiro atoms. The van der Waals surface area contributed by atoms with Crippen molar-refractivity contribution in [2.24, 2.45) is 0 Å². The minimum Gasteiger partial charge on any atom is -0.273 e. The molecule has 4 rings (SSSR count). The quantitative estimate of drug-likeness (QED) is 0.112.